The zero-order valence-electron chi connectivity index (χ0n) is 17.2. The number of halogens is 1. The second-order valence-corrected chi connectivity index (χ2v) is 7.96. The fourth-order valence-corrected chi connectivity index (χ4v) is 3.53. The summed E-state index contributed by atoms with van der Waals surface area (Å²) in [6, 6.07) is 5.61. The van der Waals surface area contributed by atoms with E-state index >= 15 is 0 Å². The Bertz CT molecular complexity index is 686. The number of hydrogen-bond donors (Lipinski definition) is 3. The molecule has 1 aromatic carbocycles. The lowest BCUT2D eigenvalue weighted by atomic mass is 9.74. The summed E-state index contributed by atoms with van der Waals surface area (Å²) in [7, 11) is -0.230. The zero-order chi connectivity index (χ0) is 21.6. The second-order valence-electron chi connectivity index (χ2n) is 7.96. The van der Waals surface area contributed by atoms with Crippen molar-refractivity contribution in [2.75, 3.05) is 25.2 Å². The lowest BCUT2D eigenvalue weighted by Crippen LogP contribution is -2.54. The van der Waals surface area contributed by atoms with Crippen LogP contribution in [-0.2, 0) is 14.3 Å². The lowest BCUT2D eigenvalue weighted by molar-refractivity contribution is -0.132. The molecule has 1 saturated heterocycles. The molecule has 0 saturated carbocycles. The van der Waals surface area contributed by atoms with Gasteiger partial charge in [0, 0.05) is 25.8 Å². The Balaban J connectivity index is 2.00. The van der Waals surface area contributed by atoms with Gasteiger partial charge in [0.1, 0.15) is 5.82 Å². The maximum atomic E-state index is 13.1. The quantitative estimate of drug-likeness (QED) is 0.476. The van der Waals surface area contributed by atoms with E-state index in [-0.39, 0.29) is 36.6 Å². The number of carbonyl (C=O) groups is 2. The highest BCUT2D eigenvalue weighted by Crippen LogP contribution is 2.28. The number of benzene rings is 1. The number of Topliss-reactive ketones (excluding diaryl/α,β-unsaturated/α-hetero) is 1. The summed E-state index contributed by atoms with van der Waals surface area (Å²) in [5, 5.41) is 21.7. The normalized spacial score (nSPS) is 18.2. The van der Waals surface area contributed by atoms with Crippen LogP contribution >= 0.6 is 0 Å². The van der Waals surface area contributed by atoms with Gasteiger partial charge in [-0.1, -0.05) is 13.8 Å². The third-order valence-corrected chi connectivity index (χ3v) is 5.15. The SMILES string of the molecule is COC[C@H](CC(=O)[C@@H]1CCN1c1ccc(F)cc1)C(=O)N[C@H](CC(C)C)B(O)O. The number of nitrogens with one attached hydrogen (secondary N) is 1. The molecule has 0 unspecified atom stereocenters. The van der Waals surface area contributed by atoms with Gasteiger partial charge in [-0.05, 0) is 43.0 Å². The summed E-state index contributed by atoms with van der Waals surface area (Å²) in [4.78, 5) is 27.4. The predicted octanol–water partition coefficient (Wildman–Crippen LogP) is 1.17. The molecule has 1 aliphatic heterocycles. The number of nitrogens with zero attached hydrogens (tertiary/aromatic N) is 1. The summed E-state index contributed by atoms with van der Waals surface area (Å²) in [6.07, 6.45) is 1.05. The maximum absolute atomic E-state index is 13.1. The van der Waals surface area contributed by atoms with Crippen molar-refractivity contribution in [3.63, 3.8) is 0 Å². The van der Waals surface area contributed by atoms with Crippen molar-refractivity contribution >= 4 is 24.5 Å². The molecule has 1 fully saturated rings. The summed E-state index contributed by atoms with van der Waals surface area (Å²) < 4.78 is 18.2. The van der Waals surface area contributed by atoms with Crippen LogP contribution in [0, 0.1) is 17.7 Å². The first-order valence-electron chi connectivity index (χ1n) is 9.93. The molecule has 160 valence electrons. The average Bonchev–Trinajstić information content (AvgIpc) is 2.61. The van der Waals surface area contributed by atoms with Crippen LogP contribution in [0.25, 0.3) is 0 Å². The second kappa shape index (κ2) is 10.7. The average molecular weight is 408 g/mol. The maximum Gasteiger partial charge on any atom is 0.475 e. The molecule has 1 amide bonds. The van der Waals surface area contributed by atoms with Crippen LogP contribution < -0.4 is 10.2 Å². The Kier molecular flexibility index (Phi) is 8.61. The lowest BCUT2D eigenvalue weighted by Gasteiger charge is -2.42. The van der Waals surface area contributed by atoms with Crippen LogP contribution in [0.3, 0.4) is 0 Å². The Hall–Kier alpha value is -1.97. The Morgan fingerprint density at radius 1 is 1.31 bits per heavy atom. The first-order valence-corrected chi connectivity index (χ1v) is 9.93. The number of rotatable bonds is 11. The molecule has 29 heavy (non-hydrogen) atoms. The number of carbonyl (C=O) groups excluding carboxylic acids is 2. The summed E-state index contributed by atoms with van der Waals surface area (Å²) in [5.74, 6) is -2.25. The van der Waals surface area contributed by atoms with E-state index in [0.717, 1.165) is 5.69 Å². The van der Waals surface area contributed by atoms with Crippen LogP contribution in [0.4, 0.5) is 10.1 Å². The summed E-state index contributed by atoms with van der Waals surface area (Å²) in [6.45, 7) is 4.57. The molecule has 0 aliphatic carbocycles. The molecule has 3 N–H and O–H groups in total. The molecular formula is C20H30BFN2O5. The number of hydrogen-bond acceptors (Lipinski definition) is 6. The number of anilines is 1. The van der Waals surface area contributed by atoms with Crippen molar-refractivity contribution in [1.29, 1.82) is 0 Å². The Morgan fingerprint density at radius 3 is 2.45 bits per heavy atom. The fourth-order valence-electron chi connectivity index (χ4n) is 3.53. The molecule has 2 rings (SSSR count). The van der Waals surface area contributed by atoms with E-state index in [0.29, 0.717) is 19.4 Å². The third-order valence-electron chi connectivity index (χ3n) is 5.15. The molecule has 7 nitrogen and oxygen atoms in total. The minimum absolute atomic E-state index is 0.0159. The zero-order valence-corrected chi connectivity index (χ0v) is 17.2. The van der Waals surface area contributed by atoms with Gasteiger partial charge < -0.3 is 25.0 Å². The van der Waals surface area contributed by atoms with Gasteiger partial charge in [0.05, 0.1) is 24.5 Å². The molecule has 0 spiro atoms. The van der Waals surface area contributed by atoms with Crippen molar-refractivity contribution in [3.05, 3.63) is 30.1 Å². The fraction of sp³-hybridized carbons (Fsp3) is 0.600. The van der Waals surface area contributed by atoms with Gasteiger partial charge in [-0.2, -0.15) is 0 Å². The first-order chi connectivity index (χ1) is 13.7. The molecule has 1 aromatic rings. The number of ether oxygens (including phenoxy) is 1. The molecule has 1 aliphatic rings. The highest BCUT2D eigenvalue weighted by molar-refractivity contribution is 6.43. The molecule has 9 heteroatoms. The first kappa shape index (κ1) is 23.3. The van der Waals surface area contributed by atoms with Crippen molar-refractivity contribution in [2.24, 2.45) is 11.8 Å². The number of amides is 1. The van der Waals surface area contributed by atoms with Crippen molar-refractivity contribution in [2.45, 2.75) is 45.1 Å². The number of ketones is 1. The molecule has 0 bridgehead atoms. The van der Waals surface area contributed by atoms with Crippen molar-refractivity contribution in [1.82, 2.24) is 5.32 Å². The molecule has 0 radical (unpaired) electrons. The molecule has 1 heterocycles. The smallest absolute Gasteiger partial charge is 0.426 e. The van der Waals surface area contributed by atoms with Crippen molar-refractivity contribution in [3.8, 4) is 0 Å². The van der Waals surface area contributed by atoms with E-state index in [9.17, 15) is 24.0 Å². The van der Waals surface area contributed by atoms with E-state index in [4.69, 9.17) is 4.74 Å². The van der Waals surface area contributed by atoms with Gasteiger partial charge in [-0.25, -0.2) is 4.39 Å². The minimum atomic E-state index is -1.68. The van der Waals surface area contributed by atoms with E-state index in [2.05, 4.69) is 5.32 Å². The van der Waals surface area contributed by atoms with Gasteiger partial charge >= 0.3 is 7.12 Å². The van der Waals surface area contributed by atoms with Crippen molar-refractivity contribution < 1.29 is 28.8 Å². The van der Waals surface area contributed by atoms with Gasteiger partial charge in [0.15, 0.2) is 5.78 Å². The van der Waals surface area contributed by atoms with E-state index in [1.54, 1.807) is 12.1 Å². The summed E-state index contributed by atoms with van der Waals surface area (Å²) >= 11 is 0. The van der Waals surface area contributed by atoms with Gasteiger partial charge in [-0.15, -0.1) is 0 Å². The van der Waals surface area contributed by atoms with Gasteiger partial charge in [0.25, 0.3) is 0 Å². The van der Waals surface area contributed by atoms with Crippen LogP contribution in [0.2, 0.25) is 0 Å². The van der Waals surface area contributed by atoms with Crippen LogP contribution in [0.5, 0.6) is 0 Å². The standard InChI is InChI=1S/C20H30BFN2O5/c1-13(2)10-19(21(27)28)23-20(26)14(12-29-3)11-18(25)17-8-9-24(17)16-6-4-15(22)5-7-16/h4-7,13-14,17,19,27-28H,8-12H2,1-3H3,(H,23,26)/t14-,17-,19+/m0/s1. The van der Waals surface area contributed by atoms with E-state index in [1.165, 1.54) is 19.2 Å². The van der Waals surface area contributed by atoms with E-state index in [1.807, 2.05) is 18.7 Å². The van der Waals surface area contributed by atoms with Gasteiger partial charge in [0.2, 0.25) is 5.91 Å². The largest absolute Gasteiger partial charge is 0.475 e. The topological polar surface area (TPSA) is 99.1 Å². The van der Waals surface area contributed by atoms with Crippen LogP contribution in [0.15, 0.2) is 24.3 Å². The molecule has 0 aromatic heterocycles. The van der Waals surface area contributed by atoms with Crippen LogP contribution in [-0.4, -0.2) is 61.1 Å². The van der Waals surface area contributed by atoms with E-state index < -0.39 is 24.9 Å². The molecular weight excluding hydrogens is 378 g/mol. The summed E-state index contributed by atoms with van der Waals surface area (Å²) in [5.41, 5.74) is 0.768. The number of methoxy groups -OCH3 is 1. The third kappa shape index (κ3) is 6.52. The molecule has 3 atom stereocenters. The van der Waals surface area contributed by atoms with Crippen LogP contribution in [0.1, 0.15) is 33.1 Å². The highest BCUT2D eigenvalue weighted by Gasteiger charge is 2.37. The Labute approximate surface area is 171 Å². The Morgan fingerprint density at radius 2 is 1.97 bits per heavy atom. The highest BCUT2D eigenvalue weighted by atomic mass is 19.1. The van der Waals surface area contributed by atoms with Gasteiger partial charge in [-0.3, -0.25) is 9.59 Å². The predicted molar refractivity (Wildman–Crippen MR) is 109 cm³/mol. The monoisotopic (exact) mass is 408 g/mol. The minimum Gasteiger partial charge on any atom is -0.426 e.